The average Bonchev–Trinajstić information content (AvgIpc) is 3.53. The highest BCUT2D eigenvalue weighted by atomic mass is 32.2. The zero-order chi connectivity index (χ0) is 23.0. The zero-order valence-electron chi connectivity index (χ0n) is 19.8. The lowest BCUT2D eigenvalue weighted by molar-refractivity contribution is 0.206. The number of fused-ring (bicyclic) bond motifs is 2. The molecule has 2 aromatic rings. The van der Waals surface area contributed by atoms with Crippen molar-refractivity contribution in [2.24, 2.45) is 5.92 Å². The van der Waals surface area contributed by atoms with Gasteiger partial charge in [0.2, 0.25) is 0 Å². The average molecular weight is 469 g/mol. The van der Waals surface area contributed by atoms with E-state index in [1.165, 1.54) is 37.8 Å². The van der Waals surface area contributed by atoms with Crippen molar-refractivity contribution in [3.8, 4) is 11.3 Å². The number of anilines is 1. The summed E-state index contributed by atoms with van der Waals surface area (Å²) in [6.45, 7) is 7.43. The highest BCUT2D eigenvalue weighted by molar-refractivity contribution is 8.00. The standard InChI is InChI=1S/C25H36N6OS/c1-3-27-24(32)30-11-9-25(16-30)10-12-31-22(25)14-20(29-31)19-13-21(23(26)28-15-19)33-17(2)18-7-5-4-6-8-18/h13-15,17-18H,3-12,16H2,1-2H3,(H2,26,28)(H,27,32). The third-order valence-electron chi connectivity index (χ3n) is 7.90. The van der Waals surface area contributed by atoms with Gasteiger partial charge in [-0.15, -0.1) is 11.8 Å². The Hall–Kier alpha value is -2.22. The Bertz CT molecular complexity index is 1020. The van der Waals surface area contributed by atoms with E-state index in [9.17, 15) is 4.79 Å². The molecule has 33 heavy (non-hydrogen) atoms. The van der Waals surface area contributed by atoms with Gasteiger partial charge in [-0.1, -0.05) is 26.2 Å². The van der Waals surface area contributed by atoms with Crippen molar-refractivity contribution in [3.63, 3.8) is 0 Å². The number of aromatic nitrogens is 3. The summed E-state index contributed by atoms with van der Waals surface area (Å²) in [5, 5.41) is 8.42. The molecule has 5 rings (SSSR count). The fraction of sp³-hybridized carbons (Fsp3) is 0.640. The van der Waals surface area contributed by atoms with Gasteiger partial charge >= 0.3 is 6.03 Å². The summed E-state index contributed by atoms with van der Waals surface area (Å²) in [6.07, 6.45) is 10.6. The number of nitrogens with one attached hydrogen (secondary N) is 1. The molecule has 7 nitrogen and oxygen atoms in total. The van der Waals surface area contributed by atoms with E-state index in [0.29, 0.717) is 17.6 Å². The molecule has 1 spiro atoms. The van der Waals surface area contributed by atoms with Gasteiger partial charge < -0.3 is 16.0 Å². The van der Waals surface area contributed by atoms with Crippen LogP contribution in [0.25, 0.3) is 11.3 Å². The number of aryl methyl sites for hydroxylation is 1. The molecule has 2 unspecified atom stereocenters. The number of hydrogen-bond donors (Lipinski definition) is 2. The number of hydrogen-bond acceptors (Lipinski definition) is 5. The smallest absolute Gasteiger partial charge is 0.317 e. The van der Waals surface area contributed by atoms with Gasteiger partial charge in [-0.3, -0.25) is 4.68 Å². The first-order valence-electron chi connectivity index (χ1n) is 12.5. The molecule has 0 bridgehead atoms. The van der Waals surface area contributed by atoms with E-state index in [4.69, 9.17) is 10.8 Å². The first-order chi connectivity index (χ1) is 16.0. The van der Waals surface area contributed by atoms with Gasteiger partial charge in [0, 0.05) is 54.3 Å². The fourth-order valence-electron chi connectivity index (χ4n) is 5.91. The van der Waals surface area contributed by atoms with Gasteiger partial charge in [0.05, 0.1) is 10.6 Å². The van der Waals surface area contributed by atoms with Gasteiger partial charge in [0.15, 0.2) is 0 Å². The van der Waals surface area contributed by atoms with Gasteiger partial charge in [-0.25, -0.2) is 9.78 Å². The number of rotatable bonds is 5. The van der Waals surface area contributed by atoms with Gasteiger partial charge in [0.25, 0.3) is 0 Å². The minimum atomic E-state index is 0.0185. The molecular weight excluding hydrogens is 432 g/mol. The second-order valence-corrected chi connectivity index (χ2v) is 11.4. The SMILES string of the molecule is CCNC(=O)N1CCC2(CCn3nc(-c4cnc(N)c(SC(C)C5CCCCC5)c4)cc32)C1. The van der Waals surface area contributed by atoms with Gasteiger partial charge in [0.1, 0.15) is 5.82 Å². The molecular formula is C25H36N6OS. The predicted molar refractivity (Wildman–Crippen MR) is 133 cm³/mol. The third kappa shape index (κ3) is 4.34. The number of likely N-dealkylation sites (tertiary alicyclic amines) is 1. The molecule has 178 valence electrons. The van der Waals surface area contributed by atoms with Crippen LogP contribution in [0, 0.1) is 5.92 Å². The number of nitrogen functional groups attached to an aromatic ring is 1. The molecule has 1 aliphatic carbocycles. The number of thioether (sulfide) groups is 1. The Balaban J connectivity index is 1.35. The number of urea groups is 1. The molecule has 4 heterocycles. The molecule has 2 fully saturated rings. The number of carbonyl (C=O) groups is 1. The Morgan fingerprint density at radius 1 is 1.27 bits per heavy atom. The van der Waals surface area contributed by atoms with Crippen LogP contribution in [0.3, 0.4) is 0 Å². The Kier molecular flexibility index (Phi) is 6.29. The summed E-state index contributed by atoms with van der Waals surface area (Å²) in [4.78, 5) is 19.9. The molecule has 2 atom stereocenters. The summed E-state index contributed by atoms with van der Waals surface area (Å²) < 4.78 is 2.14. The second-order valence-electron chi connectivity index (χ2n) is 10.0. The molecule has 2 amide bonds. The first-order valence-corrected chi connectivity index (χ1v) is 13.4. The largest absolute Gasteiger partial charge is 0.383 e. The number of carbonyl (C=O) groups excluding carboxylic acids is 1. The minimum Gasteiger partial charge on any atom is -0.383 e. The topological polar surface area (TPSA) is 89.1 Å². The lowest BCUT2D eigenvalue weighted by atomic mass is 9.82. The lowest BCUT2D eigenvalue weighted by Gasteiger charge is -2.27. The van der Waals surface area contributed by atoms with Crippen LogP contribution in [0.4, 0.5) is 10.6 Å². The van der Waals surface area contributed by atoms with Crippen molar-refractivity contribution in [1.29, 1.82) is 0 Å². The van der Waals surface area contributed by atoms with E-state index >= 15 is 0 Å². The van der Waals surface area contributed by atoms with E-state index in [1.807, 2.05) is 29.8 Å². The van der Waals surface area contributed by atoms with Crippen LogP contribution in [0.15, 0.2) is 23.2 Å². The maximum atomic E-state index is 12.4. The summed E-state index contributed by atoms with van der Waals surface area (Å²) in [7, 11) is 0. The van der Waals surface area contributed by atoms with E-state index in [1.54, 1.807) is 0 Å². The highest BCUT2D eigenvalue weighted by Crippen LogP contribution is 2.44. The van der Waals surface area contributed by atoms with E-state index in [0.717, 1.165) is 54.5 Å². The third-order valence-corrected chi connectivity index (χ3v) is 9.24. The van der Waals surface area contributed by atoms with Crippen molar-refractivity contribution in [2.75, 3.05) is 25.4 Å². The number of nitrogens with two attached hydrogens (primary N) is 1. The molecule has 3 aliphatic rings. The maximum absolute atomic E-state index is 12.4. The molecule has 2 aliphatic heterocycles. The summed E-state index contributed by atoms with van der Waals surface area (Å²) in [5.41, 5.74) is 9.54. The van der Waals surface area contributed by atoms with Crippen LogP contribution < -0.4 is 11.1 Å². The van der Waals surface area contributed by atoms with Gasteiger partial charge in [-0.2, -0.15) is 5.10 Å². The van der Waals surface area contributed by atoms with Crippen LogP contribution in [0.2, 0.25) is 0 Å². The number of nitrogens with zero attached hydrogens (tertiary/aromatic N) is 4. The normalized spacial score (nSPS) is 23.8. The highest BCUT2D eigenvalue weighted by Gasteiger charge is 2.46. The lowest BCUT2D eigenvalue weighted by Crippen LogP contribution is -2.40. The van der Waals surface area contributed by atoms with Gasteiger partial charge in [-0.05, 0) is 50.7 Å². The Morgan fingerprint density at radius 2 is 2.06 bits per heavy atom. The van der Waals surface area contributed by atoms with E-state index in [-0.39, 0.29) is 11.4 Å². The van der Waals surface area contributed by atoms with Crippen LogP contribution in [0.5, 0.6) is 0 Å². The Labute approximate surface area is 200 Å². The van der Waals surface area contributed by atoms with Crippen molar-refractivity contribution < 1.29 is 4.79 Å². The molecule has 0 aromatic carbocycles. The van der Waals surface area contributed by atoms with Crippen LogP contribution in [-0.4, -0.2) is 50.6 Å². The van der Waals surface area contributed by atoms with Crippen LogP contribution in [0.1, 0.15) is 64.5 Å². The number of pyridine rings is 1. The van der Waals surface area contributed by atoms with E-state index < -0.39 is 0 Å². The monoisotopic (exact) mass is 468 g/mol. The van der Waals surface area contributed by atoms with Crippen molar-refractivity contribution in [3.05, 3.63) is 24.0 Å². The summed E-state index contributed by atoms with van der Waals surface area (Å²) in [6, 6.07) is 4.44. The Morgan fingerprint density at radius 3 is 2.85 bits per heavy atom. The molecule has 1 saturated carbocycles. The van der Waals surface area contributed by atoms with Crippen LogP contribution >= 0.6 is 11.8 Å². The first kappa shape index (κ1) is 22.6. The molecule has 8 heteroatoms. The summed E-state index contributed by atoms with van der Waals surface area (Å²) >= 11 is 1.87. The van der Waals surface area contributed by atoms with E-state index in [2.05, 4.69) is 34.0 Å². The van der Waals surface area contributed by atoms with Crippen molar-refractivity contribution >= 4 is 23.6 Å². The number of amides is 2. The fourth-order valence-corrected chi connectivity index (χ4v) is 7.15. The predicted octanol–water partition coefficient (Wildman–Crippen LogP) is 4.66. The molecule has 3 N–H and O–H groups in total. The van der Waals surface area contributed by atoms with Crippen molar-refractivity contribution in [2.45, 2.75) is 80.9 Å². The molecule has 1 saturated heterocycles. The molecule has 2 aromatic heterocycles. The summed E-state index contributed by atoms with van der Waals surface area (Å²) in [5.74, 6) is 1.38. The quantitative estimate of drug-likeness (QED) is 0.623. The second kappa shape index (κ2) is 9.20. The molecule has 0 radical (unpaired) electrons. The minimum absolute atomic E-state index is 0.0185. The van der Waals surface area contributed by atoms with Crippen LogP contribution in [-0.2, 0) is 12.0 Å². The maximum Gasteiger partial charge on any atom is 0.317 e. The van der Waals surface area contributed by atoms with Crippen molar-refractivity contribution in [1.82, 2.24) is 25.0 Å². The zero-order valence-corrected chi connectivity index (χ0v) is 20.7.